The minimum atomic E-state index is -2.21. The Balaban J connectivity index is 1.47. The number of benzene rings is 2. The van der Waals surface area contributed by atoms with Gasteiger partial charge in [0.1, 0.15) is 12.2 Å². The van der Waals surface area contributed by atoms with Gasteiger partial charge in [0, 0.05) is 18.9 Å². The lowest BCUT2D eigenvalue weighted by atomic mass is 9.83. The topological polar surface area (TPSA) is 91.3 Å². The van der Waals surface area contributed by atoms with Crippen LogP contribution in [0.25, 0.3) is 11.1 Å². The van der Waals surface area contributed by atoms with E-state index < -0.39 is 20.4 Å². The van der Waals surface area contributed by atoms with Gasteiger partial charge in [0.05, 0.1) is 11.7 Å². The van der Waals surface area contributed by atoms with Crippen LogP contribution < -0.4 is 0 Å². The zero-order chi connectivity index (χ0) is 38.4. The van der Waals surface area contributed by atoms with Crippen LogP contribution in [0.15, 0.2) is 54.6 Å². The molecule has 1 aliphatic carbocycles. The number of hydrogen-bond acceptors (Lipinski definition) is 6. The molecule has 0 spiro atoms. The summed E-state index contributed by atoms with van der Waals surface area (Å²) >= 11 is 0. The Bertz CT molecular complexity index is 1370. The van der Waals surface area contributed by atoms with Crippen molar-refractivity contribution in [2.75, 3.05) is 6.61 Å². The molecule has 1 aliphatic heterocycles. The average Bonchev–Trinajstić information content (AvgIpc) is 3.44. The molecule has 0 aromatic heterocycles. The van der Waals surface area contributed by atoms with Gasteiger partial charge < -0.3 is 23.7 Å². The molecule has 2 aromatic rings. The average molecular weight is 751 g/mol. The first-order chi connectivity index (χ1) is 25.3. The second-order valence-electron chi connectivity index (χ2n) is 17.4. The van der Waals surface area contributed by atoms with Gasteiger partial charge in [-0.05, 0) is 91.8 Å². The maximum absolute atomic E-state index is 13.8. The molecule has 1 N–H and O–H groups in total. The SMILES string of the molecule is CCCCC[C@H](C)CC[C@H]1C(OC2CCCCO2)C[C@H](OC(=O)c2ccc(-c3ccccc3)cc2)[C@@H]1CCCCCC(O[Si](C)(C)C(C)(C)C)C(=O)O. The summed E-state index contributed by atoms with van der Waals surface area (Å²) < 4.78 is 25.6. The van der Waals surface area contributed by atoms with Gasteiger partial charge in [-0.25, -0.2) is 9.59 Å². The number of hydrogen-bond donors (Lipinski definition) is 1. The van der Waals surface area contributed by atoms with Crippen molar-refractivity contribution < 1.29 is 33.3 Å². The standard InChI is InChI=1S/C45H70O7Si/c1-8-9-12-19-33(2)25-30-38-37(22-15-11-16-23-39(43(46)47)52-53(6,7)45(3,4)5)41(32-40(38)50-42-24-17-18-31-49-42)51-44(48)36-28-26-35(27-29-36)34-20-13-10-14-21-34/h10,13-14,20-21,26-29,33,37-42H,8-9,11-12,15-19,22-25,30-32H2,1-7H3,(H,46,47)/t33-,37+,38+,39?,40?,41-,42?/m0/s1. The van der Waals surface area contributed by atoms with E-state index in [9.17, 15) is 14.7 Å². The van der Waals surface area contributed by atoms with Crippen molar-refractivity contribution in [3.63, 3.8) is 0 Å². The highest BCUT2D eigenvalue weighted by Gasteiger charge is 2.46. The molecule has 0 radical (unpaired) electrons. The predicted molar refractivity (Wildman–Crippen MR) is 216 cm³/mol. The number of ether oxygens (including phenoxy) is 3. The highest BCUT2D eigenvalue weighted by Crippen LogP contribution is 2.44. The normalized spacial score (nSPS) is 23.4. The maximum Gasteiger partial charge on any atom is 0.338 e. The van der Waals surface area contributed by atoms with Crippen LogP contribution in [-0.4, -0.2) is 56.6 Å². The van der Waals surface area contributed by atoms with E-state index in [1.165, 1.54) is 25.7 Å². The summed E-state index contributed by atoms with van der Waals surface area (Å²) in [6.45, 7) is 16.0. The predicted octanol–water partition coefficient (Wildman–Crippen LogP) is 11.8. The van der Waals surface area contributed by atoms with Crippen LogP contribution in [-0.2, 0) is 23.4 Å². The Morgan fingerprint density at radius 2 is 1.53 bits per heavy atom. The molecule has 2 aliphatic rings. The zero-order valence-corrected chi connectivity index (χ0v) is 34.9. The molecule has 0 amide bonds. The Kier molecular flexibility index (Phi) is 17.1. The van der Waals surface area contributed by atoms with Gasteiger partial charge in [-0.1, -0.05) is 128 Å². The first kappa shape index (κ1) is 43.2. The number of rotatable bonds is 21. The van der Waals surface area contributed by atoms with Crippen LogP contribution in [0.1, 0.15) is 141 Å². The van der Waals surface area contributed by atoms with Gasteiger partial charge >= 0.3 is 11.9 Å². The summed E-state index contributed by atoms with van der Waals surface area (Å²) in [7, 11) is -2.21. The third kappa shape index (κ3) is 13.3. The molecule has 8 heteroatoms. The van der Waals surface area contributed by atoms with Crippen LogP contribution in [0, 0.1) is 17.8 Å². The largest absolute Gasteiger partial charge is 0.479 e. The molecule has 0 bridgehead atoms. The second kappa shape index (κ2) is 21.0. The van der Waals surface area contributed by atoms with E-state index in [4.69, 9.17) is 18.6 Å². The minimum absolute atomic E-state index is 0.0291. The van der Waals surface area contributed by atoms with Crippen molar-refractivity contribution in [2.24, 2.45) is 17.8 Å². The molecule has 2 fully saturated rings. The van der Waals surface area contributed by atoms with Gasteiger partial charge in [-0.15, -0.1) is 0 Å². The number of esters is 1. The van der Waals surface area contributed by atoms with Crippen LogP contribution in [0.3, 0.4) is 0 Å². The molecule has 1 heterocycles. The summed E-state index contributed by atoms with van der Waals surface area (Å²) in [5.74, 6) is -0.0911. The van der Waals surface area contributed by atoms with Crippen LogP contribution in [0.4, 0.5) is 0 Å². The lowest BCUT2D eigenvalue weighted by Gasteiger charge is -2.38. The molecule has 2 aromatic carbocycles. The van der Waals surface area contributed by atoms with E-state index in [2.05, 4.69) is 59.8 Å². The lowest BCUT2D eigenvalue weighted by Crippen LogP contribution is -2.46. The van der Waals surface area contributed by atoms with Crippen molar-refractivity contribution in [3.8, 4) is 11.1 Å². The monoisotopic (exact) mass is 750 g/mol. The Morgan fingerprint density at radius 3 is 2.17 bits per heavy atom. The fourth-order valence-electron chi connectivity index (χ4n) is 7.89. The van der Waals surface area contributed by atoms with Crippen molar-refractivity contribution >= 4 is 20.3 Å². The first-order valence-corrected chi connectivity index (χ1v) is 23.7. The number of aliphatic carboxylic acids is 1. The van der Waals surface area contributed by atoms with Crippen molar-refractivity contribution in [3.05, 3.63) is 60.2 Å². The molecule has 3 unspecified atom stereocenters. The van der Waals surface area contributed by atoms with Gasteiger partial charge in [0.15, 0.2) is 14.6 Å². The van der Waals surface area contributed by atoms with Crippen LogP contribution in [0.5, 0.6) is 0 Å². The Labute approximate surface area is 322 Å². The maximum atomic E-state index is 13.8. The smallest absolute Gasteiger partial charge is 0.338 e. The van der Waals surface area contributed by atoms with E-state index in [0.29, 0.717) is 24.3 Å². The van der Waals surface area contributed by atoms with E-state index in [0.717, 1.165) is 75.5 Å². The second-order valence-corrected chi connectivity index (χ2v) is 22.2. The summed E-state index contributed by atoms with van der Waals surface area (Å²) in [5.41, 5.74) is 2.74. The van der Waals surface area contributed by atoms with Gasteiger partial charge in [-0.2, -0.15) is 0 Å². The van der Waals surface area contributed by atoms with Crippen LogP contribution >= 0.6 is 0 Å². The quantitative estimate of drug-likeness (QED) is 0.0771. The van der Waals surface area contributed by atoms with Gasteiger partial charge in [0.25, 0.3) is 0 Å². The lowest BCUT2D eigenvalue weighted by molar-refractivity contribution is -0.196. The number of carboxylic acids is 1. The van der Waals surface area contributed by atoms with Gasteiger partial charge in [-0.3, -0.25) is 0 Å². The fraction of sp³-hybridized carbons (Fsp3) is 0.689. The first-order valence-electron chi connectivity index (χ1n) is 20.8. The molecule has 53 heavy (non-hydrogen) atoms. The van der Waals surface area contributed by atoms with E-state index >= 15 is 0 Å². The van der Waals surface area contributed by atoms with E-state index in [1.54, 1.807) is 0 Å². The van der Waals surface area contributed by atoms with Crippen molar-refractivity contribution in [2.45, 2.75) is 174 Å². The summed E-state index contributed by atoms with van der Waals surface area (Å²) in [5, 5.41) is 9.96. The van der Waals surface area contributed by atoms with Gasteiger partial charge in [0.2, 0.25) is 0 Å². The molecule has 1 saturated heterocycles. The minimum Gasteiger partial charge on any atom is -0.479 e. The summed E-state index contributed by atoms with van der Waals surface area (Å²) in [4.78, 5) is 26.0. The van der Waals surface area contributed by atoms with E-state index in [1.807, 2.05) is 42.5 Å². The van der Waals surface area contributed by atoms with Crippen LogP contribution in [0.2, 0.25) is 18.1 Å². The summed E-state index contributed by atoms with van der Waals surface area (Å²) in [6, 6.07) is 17.9. The molecular formula is C45H70O7Si. The molecule has 1 saturated carbocycles. The van der Waals surface area contributed by atoms with E-state index in [-0.39, 0.29) is 41.3 Å². The highest BCUT2D eigenvalue weighted by atomic mass is 28.4. The molecule has 4 rings (SSSR count). The molecule has 7 nitrogen and oxygen atoms in total. The zero-order valence-electron chi connectivity index (χ0n) is 33.9. The highest BCUT2D eigenvalue weighted by molar-refractivity contribution is 6.74. The molecular weight excluding hydrogens is 681 g/mol. The van der Waals surface area contributed by atoms with Crippen molar-refractivity contribution in [1.29, 1.82) is 0 Å². The third-order valence-electron chi connectivity index (χ3n) is 12.2. The number of carbonyl (C=O) groups excluding carboxylic acids is 1. The number of unbranched alkanes of at least 4 members (excludes halogenated alkanes) is 4. The molecule has 296 valence electrons. The Morgan fingerprint density at radius 1 is 0.849 bits per heavy atom. The number of carboxylic acid groups (broad SMARTS) is 1. The third-order valence-corrected chi connectivity index (χ3v) is 16.7. The molecule has 7 atom stereocenters. The Hall–Kier alpha value is -2.52. The fourth-order valence-corrected chi connectivity index (χ4v) is 9.17. The van der Waals surface area contributed by atoms with Crippen molar-refractivity contribution in [1.82, 2.24) is 0 Å². The number of carbonyl (C=O) groups is 2. The summed E-state index contributed by atoms with van der Waals surface area (Å²) in [6.07, 6.45) is 13.7.